The summed E-state index contributed by atoms with van der Waals surface area (Å²) in [6, 6.07) is 4.33. The van der Waals surface area contributed by atoms with E-state index in [2.05, 4.69) is 5.32 Å². The number of ether oxygens (including phenoxy) is 1. The Morgan fingerprint density at radius 3 is 3.05 bits per heavy atom. The molecule has 1 heterocycles. The Morgan fingerprint density at radius 2 is 2.36 bits per heavy atom. The highest BCUT2D eigenvalue weighted by molar-refractivity contribution is 7.80. The van der Waals surface area contributed by atoms with Gasteiger partial charge in [-0.15, -0.1) is 0 Å². The number of benzene rings is 1. The highest BCUT2D eigenvalue weighted by Gasteiger charge is 2.28. The van der Waals surface area contributed by atoms with Gasteiger partial charge in [-0.25, -0.2) is 4.39 Å². The molecule has 0 radical (unpaired) electrons. The zero-order valence-corrected chi connectivity index (χ0v) is 13.8. The minimum atomic E-state index is -0.474. The minimum absolute atomic E-state index is 0.0378. The number of nitrogens with one attached hydrogen (secondary N) is 1. The molecule has 2 rings (SSSR count). The molecule has 1 fully saturated rings. The first kappa shape index (κ1) is 17.0. The van der Waals surface area contributed by atoms with Crippen molar-refractivity contribution < 1.29 is 13.9 Å². The van der Waals surface area contributed by atoms with Crippen molar-refractivity contribution in [1.82, 2.24) is 4.90 Å². The number of piperidine rings is 1. The molecule has 0 bridgehead atoms. The van der Waals surface area contributed by atoms with E-state index in [9.17, 15) is 9.18 Å². The molecule has 22 heavy (non-hydrogen) atoms. The van der Waals surface area contributed by atoms with E-state index in [1.54, 1.807) is 13.0 Å². The highest BCUT2D eigenvalue weighted by atomic mass is 35.5. The van der Waals surface area contributed by atoms with E-state index >= 15 is 0 Å². The molecule has 0 aromatic heterocycles. The maximum atomic E-state index is 13.1. The second kappa shape index (κ2) is 7.74. The van der Waals surface area contributed by atoms with Gasteiger partial charge in [0.05, 0.1) is 17.5 Å². The number of rotatable bonds is 3. The van der Waals surface area contributed by atoms with Gasteiger partial charge >= 0.3 is 5.97 Å². The van der Waals surface area contributed by atoms with Gasteiger partial charge < -0.3 is 15.0 Å². The van der Waals surface area contributed by atoms with Crippen molar-refractivity contribution in [2.45, 2.75) is 19.8 Å². The van der Waals surface area contributed by atoms with Crippen LogP contribution in [0.15, 0.2) is 18.2 Å². The first-order chi connectivity index (χ1) is 10.5. The largest absolute Gasteiger partial charge is 0.466 e. The zero-order chi connectivity index (χ0) is 16.1. The van der Waals surface area contributed by atoms with E-state index in [4.69, 9.17) is 28.6 Å². The molecular formula is C15H18ClFN2O2S. The van der Waals surface area contributed by atoms with Crippen LogP contribution in [-0.4, -0.2) is 35.7 Å². The summed E-state index contributed by atoms with van der Waals surface area (Å²) in [6.45, 7) is 3.48. The normalized spacial score (nSPS) is 18.0. The first-order valence-electron chi connectivity index (χ1n) is 7.19. The molecule has 1 aromatic carbocycles. The van der Waals surface area contributed by atoms with E-state index in [0.29, 0.717) is 24.0 Å². The summed E-state index contributed by atoms with van der Waals surface area (Å²) in [5.41, 5.74) is 0.620. The van der Waals surface area contributed by atoms with Gasteiger partial charge in [-0.1, -0.05) is 11.6 Å². The van der Waals surface area contributed by atoms with Crippen molar-refractivity contribution in [2.24, 2.45) is 5.92 Å². The summed E-state index contributed by atoms with van der Waals surface area (Å²) < 4.78 is 18.2. The lowest BCUT2D eigenvalue weighted by Crippen LogP contribution is -2.44. The topological polar surface area (TPSA) is 41.6 Å². The van der Waals surface area contributed by atoms with E-state index in [0.717, 1.165) is 19.4 Å². The number of esters is 1. The number of hydrogen-bond donors (Lipinski definition) is 1. The minimum Gasteiger partial charge on any atom is -0.466 e. The van der Waals surface area contributed by atoms with E-state index < -0.39 is 5.82 Å². The molecule has 7 heteroatoms. The summed E-state index contributed by atoms with van der Waals surface area (Å²) >= 11 is 11.1. The monoisotopic (exact) mass is 344 g/mol. The predicted octanol–water partition coefficient (Wildman–Crippen LogP) is 3.45. The first-order valence-corrected chi connectivity index (χ1v) is 7.97. The fraction of sp³-hybridized carbons (Fsp3) is 0.467. The van der Waals surface area contributed by atoms with Gasteiger partial charge in [0, 0.05) is 18.8 Å². The molecular weight excluding hydrogens is 327 g/mol. The molecule has 1 atom stereocenters. The third kappa shape index (κ3) is 4.30. The van der Waals surface area contributed by atoms with Crippen LogP contribution in [0.2, 0.25) is 5.02 Å². The molecule has 0 unspecified atom stereocenters. The molecule has 4 nitrogen and oxygen atoms in total. The Labute approximate surface area is 139 Å². The van der Waals surface area contributed by atoms with Gasteiger partial charge in [0.25, 0.3) is 0 Å². The average Bonchev–Trinajstić information content (AvgIpc) is 2.51. The maximum Gasteiger partial charge on any atom is 0.310 e. The number of carbonyl (C=O) groups excluding carboxylic acids is 1. The van der Waals surface area contributed by atoms with Crippen LogP contribution in [0.25, 0.3) is 0 Å². The standard InChI is InChI=1S/C15H18ClFN2O2S/c1-2-21-14(20)10-4-3-7-19(9-10)15(22)18-11-5-6-13(17)12(16)8-11/h5-6,8,10H,2-4,7,9H2,1H3,(H,18,22)/t10-/m0/s1. The maximum absolute atomic E-state index is 13.1. The van der Waals surface area contributed by atoms with Crippen LogP contribution in [0.1, 0.15) is 19.8 Å². The summed E-state index contributed by atoms with van der Waals surface area (Å²) in [5, 5.41) is 3.56. The number of thiocarbonyl (C=S) groups is 1. The highest BCUT2D eigenvalue weighted by Crippen LogP contribution is 2.22. The Kier molecular flexibility index (Phi) is 5.97. The quantitative estimate of drug-likeness (QED) is 0.672. The Hall–Kier alpha value is -1.40. The van der Waals surface area contributed by atoms with E-state index in [-0.39, 0.29) is 16.9 Å². The Bertz CT molecular complexity index is 570. The summed E-state index contributed by atoms with van der Waals surface area (Å²) in [6.07, 6.45) is 1.68. The van der Waals surface area contributed by atoms with E-state index in [1.807, 2.05) is 4.90 Å². The molecule has 1 aromatic rings. The zero-order valence-electron chi connectivity index (χ0n) is 12.3. The summed E-state index contributed by atoms with van der Waals surface area (Å²) in [4.78, 5) is 13.8. The van der Waals surface area contributed by atoms with Crippen LogP contribution in [0, 0.1) is 11.7 Å². The third-order valence-corrected chi connectivity index (χ3v) is 4.15. The van der Waals surface area contributed by atoms with Gasteiger partial charge in [0.1, 0.15) is 5.82 Å². The predicted molar refractivity (Wildman–Crippen MR) is 88.6 cm³/mol. The molecule has 0 saturated carbocycles. The molecule has 0 spiro atoms. The molecule has 0 amide bonds. The SMILES string of the molecule is CCOC(=O)[C@H]1CCCN(C(=S)Nc2ccc(F)c(Cl)c2)C1. The number of nitrogens with zero attached hydrogens (tertiary/aromatic N) is 1. The van der Waals surface area contributed by atoms with Crippen molar-refractivity contribution >= 4 is 40.6 Å². The fourth-order valence-corrected chi connectivity index (χ4v) is 2.85. The lowest BCUT2D eigenvalue weighted by atomic mass is 9.98. The van der Waals surface area contributed by atoms with Crippen molar-refractivity contribution in [1.29, 1.82) is 0 Å². The second-order valence-corrected chi connectivity index (χ2v) is 5.89. The number of halogens is 2. The average molecular weight is 345 g/mol. The molecule has 1 saturated heterocycles. The van der Waals surface area contributed by atoms with Crippen molar-refractivity contribution in [3.05, 3.63) is 29.0 Å². The van der Waals surface area contributed by atoms with Crippen molar-refractivity contribution in [3.63, 3.8) is 0 Å². The van der Waals surface area contributed by atoms with Crippen LogP contribution >= 0.6 is 23.8 Å². The lowest BCUT2D eigenvalue weighted by Gasteiger charge is -2.33. The van der Waals surface area contributed by atoms with Crippen LogP contribution in [0.3, 0.4) is 0 Å². The smallest absolute Gasteiger partial charge is 0.310 e. The van der Waals surface area contributed by atoms with Gasteiger partial charge in [0.2, 0.25) is 0 Å². The summed E-state index contributed by atoms with van der Waals surface area (Å²) in [7, 11) is 0. The number of hydrogen-bond acceptors (Lipinski definition) is 3. The number of carbonyl (C=O) groups is 1. The van der Waals surface area contributed by atoms with Gasteiger partial charge in [-0.05, 0) is 50.2 Å². The van der Waals surface area contributed by atoms with Crippen LogP contribution in [0.5, 0.6) is 0 Å². The third-order valence-electron chi connectivity index (χ3n) is 3.50. The van der Waals surface area contributed by atoms with Gasteiger partial charge in [0.15, 0.2) is 5.11 Å². The fourth-order valence-electron chi connectivity index (χ4n) is 2.39. The molecule has 1 N–H and O–H groups in total. The van der Waals surface area contributed by atoms with Crippen molar-refractivity contribution in [2.75, 3.05) is 25.0 Å². The molecule has 1 aliphatic heterocycles. The second-order valence-electron chi connectivity index (χ2n) is 5.10. The lowest BCUT2D eigenvalue weighted by molar-refractivity contribution is -0.149. The Morgan fingerprint density at radius 1 is 1.59 bits per heavy atom. The summed E-state index contributed by atoms with van der Waals surface area (Å²) in [5.74, 6) is -0.816. The number of likely N-dealkylation sites (tertiary alicyclic amines) is 1. The van der Waals surface area contributed by atoms with Crippen LogP contribution < -0.4 is 5.32 Å². The van der Waals surface area contributed by atoms with Gasteiger partial charge in [-0.3, -0.25) is 4.79 Å². The van der Waals surface area contributed by atoms with E-state index in [1.165, 1.54) is 12.1 Å². The Balaban J connectivity index is 1.96. The number of anilines is 1. The van der Waals surface area contributed by atoms with Gasteiger partial charge in [-0.2, -0.15) is 0 Å². The molecule has 1 aliphatic rings. The molecule has 120 valence electrons. The van der Waals surface area contributed by atoms with Crippen LogP contribution in [-0.2, 0) is 9.53 Å². The van der Waals surface area contributed by atoms with Crippen LogP contribution in [0.4, 0.5) is 10.1 Å². The molecule has 0 aliphatic carbocycles. The van der Waals surface area contributed by atoms with Crippen molar-refractivity contribution in [3.8, 4) is 0 Å².